The second-order valence-electron chi connectivity index (χ2n) is 8.09. The molecule has 4 rings (SSSR count). The molecule has 0 unspecified atom stereocenters. The first-order chi connectivity index (χ1) is 16.0. The fraction of sp³-hybridized carbons (Fsp3) is 0.259. The molecule has 6 heteroatoms. The third kappa shape index (κ3) is 4.34. The van der Waals surface area contributed by atoms with Crippen LogP contribution in [-0.4, -0.2) is 37.6 Å². The van der Waals surface area contributed by atoms with Gasteiger partial charge in [0.2, 0.25) is 0 Å². The number of carbonyl (C=O) groups excluding carboxylic acids is 2. The normalized spacial score (nSPS) is 17.1. The molecule has 1 N–H and O–H groups in total. The molecule has 0 bridgehead atoms. The number of methoxy groups -OCH3 is 2. The first-order valence-corrected chi connectivity index (χ1v) is 10.9. The summed E-state index contributed by atoms with van der Waals surface area (Å²) in [6.07, 6.45) is 1.17. The number of ketones is 1. The number of aryl methyl sites for hydroxylation is 1. The molecule has 0 radical (unpaired) electrons. The number of amides is 1. The molecule has 1 atom stereocenters. The number of para-hydroxylation sites is 1. The fourth-order valence-corrected chi connectivity index (χ4v) is 4.34. The van der Waals surface area contributed by atoms with Crippen LogP contribution < -0.4 is 14.4 Å². The zero-order valence-corrected chi connectivity index (χ0v) is 18.8. The van der Waals surface area contributed by atoms with Crippen molar-refractivity contribution in [3.05, 3.63) is 89.5 Å². The average Bonchev–Trinajstić information content (AvgIpc) is 3.06. The Balaban J connectivity index is 1.57. The van der Waals surface area contributed by atoms with E-state index in [4.69, 9.17) is 9.47 Å². The highest BCUT2D eigenvalue weighted by molar-refractivity contribution is 6.11. The molecule has 33 heavy (non-hydrogen) atoms. The van der Waals surface area contributed by atoms with Crippen LogP contribution in [0.2, 0.25) is 0 Å². The van der Waals surface area contributed by atoms with Gasteiger partial charge < -0.3 is 19.5 Å². The van der Waals surface area contributed by atoms with E-state index in [1.54, 1.807) is 35.2 Å². The van der Waals surface area contributed by atoms with E-state index in [-0.39, 0.29) is 12.2 Å². The maximum atomic E-state index is 13.4. The predicted molar refractivity (Wildman–Crippen MR) is 126 cm³/mol. The Hall–Kier alpha value is -3.64. The van der Waals surface area contributed by atoms with E-state index >= 15 is 0 Å². The molecule has 1 amide bonds. The maximum absolute atomic E-state index is 13.4. The lowest BCUT2D eigenvalue weighted by atomic mass is 9.88. The van der Waals surface area contributed by atoms with Gasteiger partial charge in [-0.3, -0.25) is 9.59 Å². The lowest BCUT2D eigenvalue weighted by Crippen LogP contribution is -2.42. The molecule has 0 aromatic heterocycles. The summed E-state index contributed by atoms with van der Waals surface area (Å²) in [6, 6.07) is 22.0. The maximum Gasteiger partial charge on any atom is 0.264 e. The van der Waals surface area contributed by atoms with Crippen LogP contribution in [0.15, 0.2) is 72.8 Å². The Morgan fingerprint density at radius 2 is 1.70 bits per heavy atom. The smallest absolute Gasteiger partial charge is 0.264 e. The SMILES string of the molecule is COc1ccc(C(=O)C[C@]2(O)C(=O)N(CCCc3ccccc3)c3ccccc32)c(OC)c1. The monoisotopic (exact) mass is 445 g/mol. The van der Waals surface area contributed by atoms with Crippen molar-refractivity contribution < 1.29 is 24.2 Å². The van der Waals surface area contributed by atoms with Gasteiger partial charge in [0.05, 0.1) is 31.9 Å². The summed E-state index contributed by atoms with van der Waals surface area (Å²) in [6.45, 7) is 0.451. The zero-order chi connectivity index (χ0) is 23.4. The molecule has 1 heterocycles. The lowest BCUT2D eigenvalue weighted by molar-refractivity contribution is -0.135. The van der Waals surface area contributed by atoms with Gasteiger partial charge in [-0.1, -0.05) is 48.5 Å². The van der Waals surface area contributed by atoms with Gasteiger partial charge in [-0.2, -0.15) is 0 Å². The van der Waals surface area contributed by atoms with Crippen molar-refractivity contribution in [3.8, 4) is 11.5 Å². The van der Waals surface area contributed by atoms with Crippen molar-refractivity contribution in [3.63, 3.8) is 0 Å². The van der Waals surface area contributed by atoms with Gasteiger partial charge >= 0.3 is 0 Å². The van der Waals surface area contributed by atoms with Crippen LogP contribution in [0.3, 0.4) is 0 Å². The Kier molecular flexibility index (Phi) is 6.47. The third-order valence-electron chi connectivity index (χ3n) is 6.05. The standard InChI is InChI=1S/C27H27NO5/c1-32-20-14-15-21(25(17-20)33-2)24(29)18-27(31)22-12-6-7-13-23(22)28(26(27)30)16-8-11-19-9-4-3-5-10-19/h3-7,9-10,12-15,17,31H,8,11,16,18H2,1-2H3/t27-/m1/s1. The molecular weight excluding hydrogens is 418 g/mol. The minimum Gasteiger partial charge on any atom is -0.497 e. The van der Waals surface area contributed by atoms with Gasteiger partial charge in [-0.05, 0) is 36.6 Å². The van der Waals surface area contributed by atoms with E-state index in [0.29, 0.717) is 34.9 Å². The van der Waals surface area contributed by atoms with E-state index in [0.717, 1.165) is 12.8 Å². The van der Waals surface area contributed by atoms with Gasteiger partial charge in [-0.25, -0.2) is 0 Å². The molecule has 3 aromatic carbocycles. The van der Waals surface area contributed by atoms with Crippen molar-refractivity contribution in [1.29, 1.82) is 0 Å². The lowest BCUT2D eigenvalue weighted by Gasteiger charge is -2.23. The van der Waals surface area contributed by atoms with Crippen molar-refractivity contribution in [1.82, 2.24) is 0 Å². The number of carbonyl (C=O) groups is 2. The van der Waals surface area contributed by atoms with Gasteiger partial charge in [0, 0.05) is 18.2 Å². The fourth-order valence-electron chi connectivity index (χ4n) is 4.34. The van der Waals surface area contributed by atoms with E-state index in [9.17, 15) is 14.7 Å². The number of aliphatic hydroxyl groups is 1. The predicted octanol–water partition coefficient (Wildman–Crippen LogP) is 4.14. The Morgan fingerprint density at radius 3 is 2.42 bits per heavy atom. The third-order valence-corrected chi connectivity index (χ3v) is 6.05. The second kappa shape index (κ2) is 9.46. The van der Waals surface area contributed by atoms with Gasteiger partial charge in [0.15, 0.2) is 11.4 Å². The van der Waals surface area contributed by atoms with Crippen LogP contribution in [0.4, 0.5) is 5.69 Å². The minimum atomic E-state index is -1.93. The quantitative estimate of drug-likeness (QED) is 0.501. The first kappa shape index (κ1) is 22.6. The van der Waals surface area contributed by atoms with Crippen LogP contribution >= 0.6 is 0 Å². The van der Waals surface area contributed by atoms with Gasteiger partial charge in [0.25, 0.3) is 5.91 Å². The number of hydrogen-bond acceptors (Lipinski definition) is 5. The molecule has 3 aromatic rings. The molecule has 1 aliphatic heterocycles. The minimum absolute atomic E-state index is 0.291. The summed E-state index contributed by atoms with van der Waals surface area (Å²) < 4.78 is 10.5. The number of anilines is 1. The molecule has 0 aliphatic carbocycles. The molecule has 1 aliphatic rings. The molecule has 170 valence electrons. The second-order valence-corrected chi connectivity index (χ2v) is 8.09. The molecule has 0 spiro atoms. The summed E-state index contributed by atoms with van der Waals surface area (Å²) >= 11 is 0. The van der Waals surface area contributed by atoms with Crippen molar-refractivity contribution >= 4 is 17.4 Å². The Morgan fingerprint density at radius 1 is 0.970 bits per heavy atom. The number of ether oxygens (including phenoxy) is 2. The number of nitrogens with zero attached hydrogens (tertiary/aromatic N) is 1. The van der Waals surface area contributed by atoms with Crippen LogP contribution in [0, 0.1) is 0 Å². The number of benzene rings is 3. The molecule has 0 saturated heterocycles. The first-order valence-electron chi connectivity index (χ1n) is 10.9. The average molecular weight is 446 g/mol. The number of hydrogen-bond donors (Lipinski definition) is 1. The highest BCUT2D eigenvalue weighted by Gasteiger charge is 2.50. The van der Waals surface area contributed by atoms with E-state index < -0.39 is 11.5 Å². The van der Waals surface area contributed by atoms with E-state index in [1.807, 2.05) is 30.3 Å². The van der Waals surface area contributed by atoms with Crippen molar-refractivity contribution in [2.24, 2.45) is 0 Å². The summed E-state index contributed by atoms with van der Waals surface area (Å²) in [5.41, 5.74) is 0.655. The van der Waals surface area contributed by atoms with Crippen LogP contribution in [0.25, 0.3) is 0 Å². The largest absolute Gasteiger partial charge is 0.497 e. The van der Waals surface area contributed by atoms with Crippen molar-refractivity contribution in [2.75, 3.05) is 25.7 Å². The van der Waals surface area contributed by atoms with Crippen LogP contribution in [0.1, 0.15) is 34.3 Å². The summed E-state index contributed by atoms with van der Waals surface area (Å²) in [5, 5.41) is 11.5. The molecule has 0 fully saturated rings. The number of Topliss-reactive ketones (excluding diaryl/α,β-unsaturated/α-hetero) is 1. The highest BCUT2D eigenvalue weighted by atomic mass is 16.5. The topological polar surface area (TPSA) is 76.1 Å². The van der Waals surface area contributed by atoms with Gasteiger partial charge in [0.1, 0.15) is 11.5 Å². The Labute approximate surface area is 193 Å². The van der Waals surface area contributed by atoms with E-state index in [2.05, 4.69) is 12.1 Å². The summed E-state index contributed by atoms with van der Waals surface area (Å²) in [5.74, 6) is 0.0271. The Bertz CT molecular complexity index is 1160. The molecule has 6 nitrogen and oxygen atoms in total. The van der Waals surface area contributed by atoms with Crippen LogP contribution in [-0.2, 0) is 16.8 Å². The summed E-state index contributed by atoms with van der Waals surface area (Å²) in [4.78, 5) is 28.2. The van der Waals surface area contributed by atoms with Crippen molar-refractivity contribution in [2.45, 2.75) is 24.9 Å². The van der Waals surface area contributed by atoms with Gasteiger partial charge in [-0.15, -0.1) is 0 Å². The summed E-state index contributed by atoms with van der Waals surface area (Å²) in [7, 11) is 2.99. The number of rotatable bonds is 9. The number of fused-ring (bicyclic) bond motifs is 1. The molecule has 0 saturated carbocycles. The molecular formula is C27H27NO5. The zero-order valence-electron chi connectivity index (χ0n) is 18.8. The highest BCUT2D eigenvalue weighted by Crippen LogP contribution is 2.43. The van der Waals surface area contributed by atoms with E-state index in [1.165, 1.54) is 19.8 Å². The van der Waals surface area contributed by atoms with Crippen LogP contribution in [0.5, 0.6) is 11.5 Å².